The first kappa shape index (κ1) is 16.5. The minimum Gasteiger partial charge on any atom is -0.353 e. The van der Waals surface area contributed by atoms with E-state index < -0.39 is 0 Å². The fourth-order valence-corrected chi connectivity index (χ4v) is 3.58. The first-order valence-electron chi connectivity index (χ1n) is 8.74. The number of piperazine rings is 1. The highest BCUT2D eigenvalue weighted by Gasteiger charge is 2.30. The van der Waals surface area contributed by atoms with Gasteiger partial charge in [-0.2, -0.15) is 0 Å². The summed E-state index contributed by atoms with van der Waals surface area (Å²) in [4.78, 5) is 25.7. The molecule has 0 aromatic carbocycles. The Labute approximate surface area is 156 Å². The molecule has 0 spiro atoms. The van der Waals surface area contributed by atoms with Crippen LogP contribution in [0.1, 0.15) is 40.2 Å². The Morgan fingerprint density at radius 3 is 2.52 bits per heavy atom. The molecule has 130 valence electrons. The number of pyridine rings is 2. The highest BCUT2D eigenvalue weighted by Crippen LogP contribution is 2.44. The summed E-state index contributed by atoms with van der Waals surface area (Å²) < 4.78 is 0.743. The van der Waals surface area contributed by atoms with E-state index in [0.717, 1.165) is 23.5 Å². The normalized spacial score (nSPS) is 17.7. The zero-order chi connectivity index (χ0) is 17.4. The SMILES string of the molecule is Cc1cnc(N2CCN(C(=O)c3ccc(Br)nc3)CC2)c(C2CC2)c1. The number of carbonyl (C=O) groups excluding carboxylic acids is 1. The van der Waals surface area contributed by atoms with Crippen LogP contribution in [0.15, 0.2) is 35.2 Å². The summed E-state index contributed by atoms with van der Waals surface area (Å²) in [7, 11) is 0. The van der Waals surface area contributed by atoms with Crippen molar-refractivity contribution in [2.24, 2.45) is 0 Å². The van der Waals surface area contributed by atoms with Gasteiger partial charge in [-0.3, -0.25) is 4.79 Å². The van der Waals surface area contributed by atoms with Crippen molar-refractivity contribution in [3.8, 4) is 0 Å². The molecule has 3 heterocycles. The number of nitrogens with zero attached hydrogens (tertiary/aromatic N) is 4. The fraction of sp³-hybridized carbons (Fsp3) is 0.421. The van der Waals surface area contributed by atoms with Gasteiger partial charge in [-0.05, 0) is 64.9 Å². The summed E-state index contributed by atoms with van der Waals surface area (Å²) in [6.07, 6.45) is 6.12. The molecule has 2 aromatic rings. The molecule has 1 aliphatic carbocycles. The van der Waals surface area contributed by atoms with E-state index in [-0.39, 0.29) is 5.91 Å². The Morgan fingerprint density at radius 1 is 1.12 bits per heavy atom. The van der Waals surface area contributed by atoms with Crippen molar-refractivity contribution in [3.63, 3.8) is 0 Å². The summed E-state index contributed by atoms with van der Waals surface area (Å²) in [6, 6.07) is 5.91. The summed E-state index contributed by atoms with van der Waals surface area (Å²) >= 11 is 3.30. The monoisotopic (exact) mass is 400 g/mol. The van der Waals surface area contributed by atoms with Crippen molar-refractivity contribution < 1.29 is 4.79 Å². The average molecular weight is 401 g/mol. The van der Waals surface area contributed by atoms with Crippen LogP contribution in [0.5, 0.6) is 0 Å². The lowest BCUT2D eigenvalue weighted by Gasteiger charge is -2.36. The molecule has 1 amide bonds. The maximum absolute atomic E-state index is 12.6. The van der Waals surface area contributed by atoms with Gasteiger partial charge in [-0.1, -0.05) is 6.07 Å². The standard InChI is InChI=1S/C19H21BrN4O/c1-13-10-16(14-2-3-14)18(22-11-13)23-6-8-24(9-7-23)19(25)15-4-5-17(20)21-12-15/h4-5,10-12,14H,2-3,6-9H2,1H3. The predicted octanol–water partition coefficient (Wildman–Crippen LogP) is 3.39. The highest BCUT2D eigenvalue weighted by atomic mass is 79.9. The lowest BCUT2D eigenvalue weighted by Crippen LogP contribution is -2.49. The van der Waals surface area contributed by atoms with Gasteiger partial charge in [-0.25, -0.2) is 9.97 Å². The van der Waals surface area contributed by atoms with Crippen LogP contribution >= 0.6 is 15.9 Å². The topological polar surface area (TPSA) is 49.3 Å². The van der Waals surface area contributed by atoms with Crippen LogP contribution < -0.4 is 4.90 Å². The van der Waals surface area contributed by atoms with Crippen LogP contribution in [0.2, 0.25) is 0 Å². The van der Waals surface area contributed by atoms with Crippen molar-refractivity contribution in [1.29, 1.82) is 0 Å². The van der Waals surface area contributed by atoms with Gasteiger partial charge in [0.1, 0.15) is 10.4 Å². The first-order valence-corrected chi connectivity index (χ1v) is 9.53. The predicted molar refractivity (Wildman–Crippen MR) is 101 cm³/mol. The quantitative estimate of drug-likeness (QED) is 0.740. The van der Waals surface area contributed by atoms with E-state index in [4.69, 9.17) is 4.98 Å². The summed E-state index contributed by atoms with van der Waals surface area (Å²) in [6.45, 7) is 5.19. The Balaban J connectivity index is 1.45. The van der Waals surface area contributed by atoms with Gasteiger partial charge >= 0.3 is 0 Å². The molecule has 1 saturated carbocycles. The van der Waals surface area contributed by atoms with Gasteiger partial charge in [0.2, 0.25) is 0 Å². The Morgan fingerprint density at radius 2 is 1.88 bits per heavy atom. The fourth-order valence-electron chi connectivity index (χ4n) is 3.35. The molecule has 2 fully saturated rings. The molecule has 2 aliphatic rings. The molecular formula is C19H21BrN4O. The zero-order valence-corrected chi connectivity index (χ0v) is 15.9. The van der Waals surface area contributed by atoms with E-state index in [1.54, 1.807) is 6.20 Å². The molecule has 0 N–H and O–H groups in total. The van der Waals surface area contributed by atoms with Crippen LogP contribution in [0, 0.1) is 6.92 Å². The maximum atomic E-state index is 12.6. The summed E-state index contributed by atoms with van der Waals surface area (Å²) in [5.74, 6) is 1.85. The third-order valence-electron chi connectivity index (χ3n) is 4.89. The molecule has 0 radical (unpaired) electrons. The molecule has 25 heavy (non-hydrogen) atoms. The molecule has 4 rings (SSSR count). The Kier molecular flexibility index (Phi) is 4.46. The number of hydrogen-bond acceptors (Lipinski definition) is 4. The summed E-state index contributed by atoms with van der Waals surface area (Å²) in [5.41, 5.74) is 3.25. The Hall–Kier alpha value is -1.95. The average Bonchev–Trinajstić information content (AvgIpc) is 3.47. The van der Waals surface area contributed by atoms with Crippen molar-refractivity contribution in [2.75, 3.05) is 31.1 Å². The van der Waals surface area contributed by atoms with Gasteiger partial charge in [0.05, 0.1) is 5.56 Å². The molecule has 2 aromatic heterocycles. The van der Waals surface area contributed by atoms with E-state index in [9.17, 15) is 4.79 Å². The van der Waals surface area contributed by atoms with E-state index in [0.29, 0.717) is 24.6 Å². The highest BCUT2D eigenvalue weighted by molar-refractivity contribution is 9.10. The smallest absolute Gasteiger partial charge is 0.255 e. The van der Waals surface area contributed by atoms with Crippen LogP contribution in [0.25, 0.3) is 0 Å². The van der Waals surface area contributed by atoms with Gasteiger partial charge in [0.15, 0.2) is 0 Å². The second-order valence-electron chi connectivity index (χ2n) is 6.85. The number of aryl methyl sites for hydroxylation is 1. The molecule has 5 nitrogen and oxygen atoms in total. The molecule has 0 bridgehead atoms. The number of amides is 1. The number of aromatic nitrogens is 2. The van der Waals surface area contributed by atoms with E-state index in [2.05, 4.69) is 38.8 Å². The molecule has 6 heteroatoms. The van der Waals surface area contributed by atoms with E-state index >= 15 is 0 Å². The molecule has 0 atom stereocenters. The van der Waals surface area contributed by atoms with Crippen molar-refractivity contribution in [3.05, 3.63) is 51.9 Å². The number of anilines is 1. The van der Waals surface area contributed by atoms with Crippen LogP contribution in [-0.4, -0.2) is 47.0 Å². The van der Waals surface area contributed by atoms with Gasteiger partial charge in [0.25, 0.3) is 5.91 Å². The van der Waals surface area contributed by atoms with Crippen LogP contribution in [-0.2, 0) is 0 Å². The second-order valence-corrected chi connectivity index (χ2v) is 7.66. The van der Waals surface area contributed by atoms with Crippen molar-refractivity contribution in [2.45, 2.75) is 25.7 Å². The van der Waals surface area contributed by atoms with Crippen molar-refractivity contribution >= 4 is 27.7 Å². The van der Waals surface area contributed by atoms with Gasteiger partial charge < -0.3 is 9.80 Å². The number of halogens is 1. The van der Waals surface area contributed by atoms with Gasteiger partial charge in [-0.15, -0.1) is 0 Å². The Bertz CT molecular complexity index is 781. The number of rotatable bonds is 3. The number of carbonyl (C=O) groups is 1. The van der Waals surface area contributed by atoms with Crippen molar-refractivity contribution in [1.82, 2.24) is 14.9 Å². The molecule has 1 aliphatic heterocycles. The molecule has 1 saturated heterocycles. The van der Waals surface area contributed by atoms with Crippen LogP contribution in [0.4, 0.5) is 5.82 Å². The molecular weight excluding hydrogens is 380 g/mol. The third kappa shape index (κ3) is 3.54. The zero-order valence-electron chi connectivity index (χ0n) is 14.3. The largest absolute Gasteiger partial charge is 0.353 e. The van der Waals surface area contributed by atoms with Crippen LogP contribution in [0.3, 0.4) is 0 Å². The minimum atomic E-state index is 0.0546. The maximum Gasteiger partial charge on any atom is 0.255 e. The lowest BCUT2D eigenvalue weighted by molar-refractivity contribution is 0.0746. The van der Waals surface area contributed by atoms with Gasteiger partial charge in [0, 0.05) is 38.6 Å². The lowest BCUT2D eigenvalue weighted by atomic mass is 10.1. The van der Waals surface area contributed by atoms with E-state index in [1.165, 1.54) is 24.0 Å². The summed E-state index contributed by atoms with van der Waals surface area (Å²) in [5, 5.41) is 0. The van der Waals surface area contributed by atoms with E-state index in [1.807, 2.05) is 23.2 Å². The second kappa shape index (κ2) is 6.75. The first-order chi connectivity index (χ1) is 12.1. The minimum absolute atomic E-state index is 0.0546. The number of hydrogen-bond donors (Lipinski definition) is 0. The molecule has 0 unspecified atom stereocenters. The third-order valence-corrected chi connectivity index (χ3v) is 5.36.